The Balaban J connectivity index is 1.83. The van der Waals surface area contributed by atoms with Crippen molar-refractivity contribution in [2.75, 3.05) is 26.3 Å². The molecule has 2 fully saturated rings. The van der Waals surface area contributed by atoms with Gasteiger partial charge in [-0.25, -0.2) is 13.2 Å². The zero-order chi connectivity index (χ0) is 19.8. The largest absolute Gasteiger partial charge is 0.379 e. The molecule has 2 aliphatic heterocycles. The van der Waals surface area contributed by atoms with Crippen molar-refractivity contribution in [3.8, 4) is 0 Å². The average Bonchev–Trinajstić information content (AvgIpc) is 2.86. The molecule has 3 rings (SSSR count). The van der Waals surface area contributed by atoms with Crippen LogP contribution in [-0.4, -0.2) is 72.7 Å². The number of urea groups is 1. The minimum absolute atomic E-state index is 0.0769. The third kappa shape index (κ3) is 3.60. The fourth-order valence-corrected chi connectivity index (χ4v) is 4.52. The number of sulfonamides is 1. The minimum atomic E-state index is -3.69. The standard InChI is InChI=1S/C17H21N3O6S/c1-12(2)20-16(22)15(21)19(17(20)23)11-13-4-3-5-14(10-13)27(24,25)18-6-8-26-9-7-18/h3-5,10,12H,6-9,11H2,1-2H3. The lowest BCUT2D eigenvalue weighted by atomic mass is 10.2. The van der Waals surface area contributed by atoms with Crippen LogP contribution in [0.5, 0.6) is 0 Å². The first-order valence-electron chi connectivity index (χ1n) is 8.59. The van der Waals surface area contributed by atoms with Gasteiger partial charge in [0.15, 0.2) is 0 Å². The van der Waals surface area contributed by atoms with Crippen LogP contribution in [-0.2, 0) is 30.9 Å². The molecule has 0 aliphatic carbocycles. The van der Waals surface area contributed by atoms with Crippen molar-refractivity contribution in [3.63, 3.8) is 0 Å². The predicted octanol–water partition coefficient (Wildman–Crippen LogP) is 0.407. The summed E-state index contributed by atoms with van der Waals surface area (Å²) in [6.45, 7) is 4.33. The molecule has 2 heterocycles. The molecule has 0 bridgehead atoms. The molecule has 0 atom stereocenters. The van der Waals surface area contributed by atoms with E-state index < -0.39 is 33.9 Å². The molecule has 2 saturated heterocycles. The van der Waals surface area contributed by atoms with E-state index in [1.807, 2.05) is 0 Å². The fraction of sp³-hybridized carbons (Fsp3) is 0.471. The molecule has 4 amide bonds. The van der Waals surface area contributed by atoms with Crippen molar-refractivity contribution in [3.05, 3.63) is 29.8 Å². The molecule has 0 radical (unpaired) electrons. The maximum absolute atomic E-state index is 12.8. The highest BCUT2D eigenvalue weighted by molar-refractivity contribution is 7.89. The minimum Gasteiger partial charge on any atom is -0.379 e. The summed E-state index contributed by atoms with van der Waals surface area (Å²) in [6.07, 6.45) is 0. The van der Waals surface area contributed by atoms with Crippen LogP contribution in [0.1, 0.15) is 19.4 Å². The second-order valence-corrected chi connectivity index (χ2v) is 8.54. The third-order valence-electron chi connectivity index (χ3n) is 4.45. The Bertz CT molecular complexity index is 876. The number of hydrogen-bond donors (Lipinski definition) is 0. The molecular formula is C17H21N3O6S. The quantitative estimate of drug-likeness (QED) is 0.528. The first-order valence-corrected chi connectivity index (χ1v) is 10.0. The van der Waals surface area contributed by atoms with Gasteiger partial charge < -0.3 is 4.74 Å². The molecule has 0 saturated carbocycles. The lowest BCUT2D eigenvalue weighted by Gasteiger charge is -2.26. The van der Waals surface area contributed by atoms with Crippen molar-refractivity contribution in [1.29, 1.82) is 0 Å². The van der Waals surface area contributed by atoms with Gasteiger partial charge in [0.1, 0.15) is 0 Å². The van der Waals surface area contributed by atoms with Crippen LogP contribution in [0.3, 0.4) is 0 Å². The van der Waals surface area contributed by atoms with Gasteiger partial charge in [-0.1, -0.05) is 12.1 Å². The van der Waals surface area contributed by atoms with Gasteiger partial charge in [-0.2, -0.15) is 4.31 Å². The molecule has 1 aromatic carbocycles. The first kappa shape index (κ1) is 19.5. The molecule has 9 nitrogen and oxygen atoms in total. The number of carbonyl (C=O) groups excluding carboxylic acids is 3. The van der Waals surface area contributed by atoms with E-state index in [-0.39, 0.29) is 24.5 Å². The lowest BCUT2D eigenvalue weighted by molar-refractivity contribution is -0.144. The summed E-state index contributed by atoms with van der Waals surface area (Å²) < 4.78 is 32.0. The monoisotopic (exact) mass is 395 g/mol. The third-order valence-corrected chi connectivity index (χ3v) is 6.34. The zero-order valence-electron chi connectivity index (χ0n) is 15.1. The molecule has 0 spiro atoms. The van der Waals surface area contributed by atoms with E-state index in [0.717, 1.165) is 9.80 Å². The van der Waals surface area contributed by atoms with Gasteiger partial charge in [0.2, 0.25) is 10.0 Å². The maximum atomic E-state index is 12.8. The van der Waals surface area contributed by atoms with E-state index in [9.17, 15) is 22.8 Å². The van der Waals surface area contributed by atoms with E-state index in [2.05, 4.69) is 0 Å². The Labute approximate surface area is 157 Å². The van der Waals surface area contributed by atoms with Crippen LogP contribution >= 0.6 is 0 Å². The van der Waals surface area contributed by atoms with E-state index in [1.54, 1.807) is 26.0 Å². The highest BCUT2D eigenvalue weighted by Crippen LogP contribution is 2.22. The van der Waals surface area contributed by atoms with Crippen molar-refractivity contribution in [1.82, 2.24) is 14.1 Å². The van der Waals surface area contributed by atoms with Gasteiger partial charge >= 0.3 is 17.8 Å². The summed E-state index contributed by atoms with van der Waals surface area (Å²) in [5.41, 5.74) is 0.449. The highest BCUT2D eigenvalue weighted by Gasteiger charge is 2.45. The molecule has 146 valence electrons. The Morgan fingerprint density at radius 3 is 2.33 bits per heavy atom. The van der Waals surface area contributed by atoms with Gasteiger partial charge in [-0.15, -0.1) is 0 Å². The number of amides is 4. The Morgan fingerprint density at radius 1 is 1.07 bits per heavy atom. The summed E-state index contributed by atoms with van der Waals surface area (Å²) >= 11 is 0. The van der Waals surface area contributed by atoms with Crippen LogP contribution in [0.15, 0.2) is 29.2 Å². The van der Waals surface area contributed by atoms with Crippen molar-refractivity contribution < 1.29 is 27.5 Å². The van der Waals surface area contributed by atoms with Crippen LogP contribution in [0.4, 0.5) is 4.79 Å². The zero-order valence-corrected chi connectivity index (χ0v) is 15.9. The predicted molar refractivity (Wildman–Crippen MR) is 93.9 cm³/mol. The maximum Gasteiger partial charge on any atom is 0.334 e. The molecule has 1 aromatic rings. The molecule has 2 aliphatic rings. The molecule has 0 N–H and O–H groups in total. The lowest BCUT2D eigenvalue weighted by Crippen LogP contribution is -2.40. The van der Waals surface area contributed by atoms with Gasteiger partial charge in [-0.05, 0) is 31.5 Å². The van der Waals surface area contributed by atoms with Crippen LogP contribution < -0.4 is 0 Å². The van der Waals surface area contributed by atoms with E-state index in [1.165, 1.54) is 16.4 Å². The van der Waals surface area contributed by atoms with Crippen LogP contribution in [0.25, 0.3) is 0 Å². The average molecular weight is 395 g/mol. The Kier molecular flexibility index (Phi) is 5.31. The summed E-state index contributed by atoms with van der Waals surface area (Å²) in [5, 5.41) is 0. The summed E-state index contributed by atoms with van der Waals surface area (Å²) in [6, 6.07) is 4.92. The number of ether oxygens (including phenoxy) is 1. The van der Waals surface area contributed by atoms with Crippen molar-refractivity contribution >= 4 is 27.9 Å². The molecule has 27 heavy (non-hydrogen) atoms. The number of benzene rings is 1. The van der Waals surface area contributed by atoms with E-state index >= 15 is 0 Å². The van der Waals surface area contributed by atoms with Crippen molar-refractivity contribution in [2.24, 2.45) is 0 Å². The number of nitrogens with zero attached hydrogens (tertiary/aromatic N) is 3. The first-order chi connectivity index (χ1) is 12.7. The molecular weight excluding hydrogens is 374 g/mol. The Morgan fingerprint density at radius 2 is 1.74 bits per heavy atom. The summed E-state index contributed by atoms with van der Waals surface area (Å²) in [4.78, 5) is 38.3. The fourth-order valence-electron chi connectivity index (χ4n) is 3.04. The smallest absolute Gasteiger partial charge is 0.334 e. The number of rotatable bonds is 5. The highest BCUT2D eigenvalue weighted by atomic mass is 32.2. The second-order valence-electron chi connectivity index (χ2n) is 6.61. The van der Waals surface area contributed by atoms with Gasteiger partial charge in [0, 0.05) is 19.1 Å². The topological polar surface area (TPSA) is 104 Å². The number of carbonyl (C=O) groups is 3. The number of hydrogen-bond acceptors (Lipinski definition) is 6. The van der Waals surface area contributed by atoms with Crippen LogP contribution in [0, 0.1) is 0 Å². The van der Waals surface area contributed by atoms with Gasteiger partial charge in [0.05, 0.1) is 24.7 Å². The van der Waals surface area contributed by atoms with Crippen molar-refractivity contribution in [2.45, 2.75) is 31.3 Å². The summed E-state index contributed by atoms with van der Waals surface area (Å²) in [7, 11) is -3.69. The molecule has 10 heteroatoms. The van der Waals surface area contributed by atoms with E-state index in [0.29, 0.717) is 18.8 Å². The summed E-state index contributed by atoms with van der Waals surface area (Å²) in [5.74, 6) is -1.78. The van der Waals surface area contributed by atoms with E-state index in [4.69, 9.17) is 4.74 Å². The number of morpholine rings is 1. The SMILES string of the molecule is CC(C)N1C(=O)C(=O)N(Cc2cccc(S(=O)(=O)N3CCOCC3)c2)C1=O. The van der Waals surface area contributed by atoms with Gasteiger partial charge in [-0.3, -0.25) is 19.4 Å². The van der Waals surface area contributed by atoms with Gasteiger partial charge in [0.25, 0.3) is 0 Å². The number of imide groups is 2. The van der Waals surface area contributed by atoms with Crippen LogP contribution in [0.2, 0.25) is 0 Å². The Hall–Kier alpha value is -2.30. The normalized spacial score (nSPS) is 19.4. The molecule has 0 aromatic heterocycles. The second kappa shape index (κ2) is 7.37. The molecule has 0 unspecified atom stereocenters.